The topological polar surface area (TPSA) is 17.1 Å². The van der Waals surface area contributed by atoms with Gasteiger partial charge in [0.1, 0.15) is 11.6 Å². The van der Waals surface area contributed by atoms with Crippen molar-refractivity contribution in [1.82, 2.24) is 0 Å². The predicted molar refractivity (Wildman–Crippen MR) is 64.0 cm³/mol. The minimum Gasteiger partial charge on any atom is -0.299 e. The molecule has 0 amide bonds. The third-order valence-corrected chi connectivity index (χ3v) is 2.90. The quantitative estimate of drug-likeness (QED) is 0.756. The van der Waals surface area contributed by atoms with Gasteiger partial charge in [0, 0.05) is 12.3 Å². The van der Waals surface area contributed by atoms with E-state index >= 15 is 0 Å². The van der Waals surface area contributed by atoms with Crippen LogP contribution in [0, 0.1) is 18.7 Å². The van der Waals surface area contributed by atoms with Crippen LogP contribution in [0.1, 0.15) is 44.2 Å². The zero-order chi connectivity index (χ0) is 12.3. The number of benzene rings is 1. The van der Waals surface area contributed by atoms with Gasteiger partial charge in [-0.2, -0.15) is 0 Å². The molecular formula is C14H19FO. The van der Waals surface area contributed by atoms with Crippen molar-refractivity contribution in [2.75, 3.05) is 0 Å². The van der Waals surface area contributed by atoms with Crippen molar-refractivity contribution in [3.63, 3.8) is 0 Å². The maximum atomic E-state index is 13.2. The standard InChI is InChI=1S/C14H19FO/c1-5-13(16)14(9(2)3)11-6-7-12(15)10(4)8-11/h6-9,14H,5H2,1-4H3. The van der Waals surface area contributed by atoms with E-state index < -0.39 is 0 Å². The molecule has 0 aromatic heterocycles. The summed E-state index contributed by atoms with van der Waals surface area (Å²) in [6, 6.07) is 4.96. The molecule has 0 aliphatic carbocycles. The van der Waals surface area contributed by atoms with Crippen molar-refractivity contribution in [2.24, 2.45) is 5.92 Å². The summed E-state index contributed by atoms with van der Waals surface area (Å²) >= 11 is 0. The fraction of sp³-hybridized carbons (Fsp3) is 0.500. The Morgan fingerprint density at radius 3 is 2.44 bits per heavy atom. The minimum absolute atomic E-state index is 0.107. The highest BCUT2D eigenvalue weighted by Crippen LogP contribution is 2.27. The summed E-state index contributed by atoms with van der Waals surface area (Å²) in [5.74, 6) is 0.151. The van der Waals surface area contributed by atoms with Gasteiger partial charge in [-0.1, -0.05) is 32.9 Å². The van der Waals surface area contributed by atoms with Crippen LogP contribution in [-0.2, 0) is 4.79 Å². The van der Waals surface area contributed by atoms with Gasteiger partial charge >= 0.3 is 0 Å². The van der Waals surface area contributed by atoms with Crippen molar-refractivity contribution in [1.29, 1.82) is 0 Å². The van der Waals surface area contributed by atoms with Crippen LogP contribution in [0.4, 0.5) is 4.39 Å². The summed E-state index contributed by atoms with van der Waals surface area (Å²) in [7, 11) is 0. The van der Waals surface area contributed by atoms with Crippen LogP contribution in [0.5, 0.6) is 0 Å². The number of rotatable bonds is 4. The van der Waals surface area contributed by atoms with Crippen LogP contribution in [0.15, 0.2) is 18.2 Å². The fourth-order valence-electron chi connectivity index (χ4n) is 2.02. The Kier molecular flexibility index (Phi) is 4.22. The van der Waals surface area contributed by atoms with E-state index in [9.17, 15) is 9.18 Å². The summed E-state index contributed by atoms with van der Waals surface area (Å²) in [5, 5.41) is 0. The number of hydrogen-bond donors (Lipinski definition) is 0. The second-order valence-corrected chi connectivity index (χ2v) is 4.55. The summed E-state index contributed by atoms with van der Waals surface area (Å²) in [6.45, 7) is 7.65. The Bertz CT molecular complexity index is 382. The first-order valence-electron chi connectivity index (χ1n) is 5.76. The second-order valence-electron chi connectivity index (χ2n) is 4.55. The first-order chi connectivity index (χ1) is 7.47. The maximum absolute atomic E-state index is 13.2. The molecule has 1 aromatic carbocycles. The Morgan fingerprint density at radius 1 is 1.38 bits per heavy atom. The molecule has 0 radical (unpaired) electrons. The first kappa shape index (κ1) is 12.9. The van der Waals surface area contributed by atoms with Gasteiger partial charge in [0.15, 0.2) is 0 Å². The molecule has 16 heavy (non-hydrogen) atoms. The van der Waals surface area contributed by atoms with Crippen molar-refractivity contribution in [3.05, 3.63) is 35.1 Å². The molecule has 1 atom stereocenters. The molecule has 0 N–H and O–H groups in total. The van der Waals surface area contributed by atoms with Gasteiger partial charge < -0.3 is 0 Å². The Labute approximate surface area is 96.7 Å². The van der Waals surface area contributed by atoms with Gasteiger partial charge in [0.25, 0.3) is 0 Å². The van der Waals surface area contributed by atoms with Gasteiger partial charge in [-0.3, -0.25) is 4.79 Å². The average Bonchev–Trinajstić information content (AvgIpc) is 2.22. The van der Waals surface area contributed by atoms with Crippen LogP contribution >= 0.6 is 0 Å². The summed E-state index contributed by atoms with van der Waals surface area (Å²) in [4.78, 5) is 11.9. The third-order valence-electron chi connectivity index (χ3n) is 2.90. The Hall–Kier alpha value is -1.18. The minimum atomic E-state index is -0.213. The van der Waals surface area contributed by atoms with Gasteiger partial charge in [0.2, 0.25) is 0 Å². The van der Waals surface area contributed by atoms with Crippen LogP contribution < -0.4 is 0 Å². The number of ketones is 1. The molecule has 0 bridgehead atoms. The van der Waals surface area contributed by atoms with E-state index in [-0.39, 0.29) is 23.4 Å². The van der Waals surface area contributed by atoms with Gasteiger partial charge in [-0.05, 0) is 30.0 Å². The highest BCUT2D eigenvalue weighted by atomic mass is 19.1. The summed E-state index contributed by atoms with van der Waals surface area (Å²) in [6.07, 6.45) is 0.527. The maximum Gasteiger partial charge on any atom is 0.140 e. The lowest BCUT2D eigenvalue weighted by Crippen LogP contribution is -2.17. The van der Waals surface area contributed by atoms with Gasteiger partial charge in [0.05, 0.1) is 0 Å². The Morgan fingerprint density at radius 2 is 2.00 bits per heavy atom. The number of hydrogen-bond acceptors (Lipinski definition) is 1. The van der Waals surface area contributed by atoms with Crippen LogP contribution in [-0.4, -0.2) is 5.78 Å². The predicted octanol–water partition coefficient (Wildman–Crippen LogP) is 3.85. The molecule has 0 fully saturated rings. The normalized spacial score (nSPS) is 12.9. The molecule has 1 unspecified atom stereocenters. The number of Topliss-reactive ketones (excluding diaryl/α,β-unsaturated/α-hetero) is 1. The summed E-state index contributed by atoms with van der Waals surface area (Å²) < 4.78 is 13.2. The van der Waals surface area contributed by atoms with Crippen molar-refractivity contribution in [3.8, 4) is 0 Å². The van der Waals surface area contributed by atoms with Gasteiger partial charge in [-0.25, -0.2) is 4.39 Å². The molecule has 1 aromatic rings. The molecule has 0 heterocycles. The molecule has 0 spiro atoms. The van der Waals surface area contributed by atoms with E-state index in [0.717, 1.165) is 5.56 Å². The molecule has 2 heteroatoms. The molecule has 0 aliphatic rings. The molecule has 1 rings (SSSR count). The van der Waals surface area contributed by atoms with Gasteiger partial charge in [-0.15, -0.1) is 0 Å². The van der Waals surface area contributed by atoms with E-state index in [2.05, 4.69) is 0 Å². The zero-order valence-electron chi connectivity index (χ0n) is 10.4. The van der Waals surface area contributed by atoms with E-state index in [0.29, 0.717) is 12.0 Å². The first-order valence-corrected chi connectivity index (χ1v) is 5.76. The highest BCUT2D eigenvalue weighted by Gasteiger charge is 2.22. The van der Waals surface area contributed by atoms with Crippen molar-refractivity contribution >= 4 is 5.78 Å². The summed E-state index contributed by atoms with van der Waals surface area (Å²) in [5.41, 5.74) is 1.54. The number of carbonyl (C=O) groups is 1. The number of aryl methyl sites for hydroxylation is 1. The van der Waals surface area contributed by atoms with E-state index in [1.165, 1.54) is 6.07 Å². The lowest BCUT2D eigenvalue weighted by Gasteiger charge is -2.20. The number of halogens is 1. The monoisotopic (exact) mass is 222 g/mol. The van der Waals surface area contributed by atoms with Crippen molar-refractivity contribution in [2.45, 2.75) is 40.0 Å². The molecule has 0 saturated carbocycles. The highest BCUT2D eigenvalue weighted by molar-refractivity contribution is 5.85. The smallest absolute Gasteiger partial charge is 0.140 e. The Balaban J connectivity index is 3.11. The lowest BCUT2D eigenvalue weighted by atomic mass is 9.83. The molecular weight excluding hydrogens is 203 g/mol. The van der Waals surface area contributed by atoms with Crippen molar-refractivity contribution < 1.29 is 9.18 Å². The number of carbonyl (C=O) groups excluding carboxylic acids is 1. The molecule has 1 nitrogen and oxygen atoms in total. The van der Waals surface area contributed by atoms with Crippen LogP contribution in [0.3, 0.4) is 0 Å². The third kappa shape index (κ3) is 2.69. The van der Waals surface area contributed by atoms with E-state index in [4.69, 9.17) is 0 Å². The average molecular weight is 222 g/mol. The van der Waals surface area contributed by atoms with Crippen LogP contribution in [0.25, 0.3) is 0 Å². The lowest BCUT2D eigenvalue weighted by molar-refractivity contribution is -0.121. The molecule has 88 valence electrons. The largest absolute Gasteiger partial charge is 0.299 e. The van der Waals surface area contributed by atoms with E-state index in [1.807, 2.05) is 20.8 Å². The van der Waals surface area contributed by atoms with E-state index in [1.54, 1.807) is 19.1 Å². The van der Waals surface area contributed by atoms with Crippen LogP contribution in [0.2, 0.25) is 0 Å². The molecule has 0 saturated heterocycles. The SMILES string of the molecule is CCC(=O)C(c1ccc(F)c(C)c1)C(C)C. The molecule has 0 aliphatic heterocycles. The zero-order valence-corrected chi connectivity index (χ0v) is 10.4. The second kappa shape index (κ2) is 5.24. The fourth-order valence-corrected chi connectivity index (χ4v) is 2.02.